The molecule has 4 aromatic rings. The lowest BCUT2D eigenvalue weighted by atomic mass is 10.1. The summed E-state index contributed by atoms with van der Waals surface area (Å²) in [5.41, 5.74) is 7.45. The van der Waals surface area contributed by atoms with Gasteiger partial charge in [-0.2, -0.15) is 32.1 Å². The molecule has 37 heavy (non-hydrogen) atoms. The van der Waals surface area contributed by atoms with Crippen molar-refractivity contribution in [2.45, 2.75) is 19.3 Å². The Morgan fingerprint density at radius 3 is 2.46 bits per heavy atom. The summed E-state index contributed by atoms with van der Waals surface area (Å²) < 4.78 is 59.7. The number of nitrogens with zero attached hydrogens (tertiary/aromatic N) is 5. The van der Waals surface area contributed by atoms with Crippen LogP contribution in [0.3, 0.4) is 0 Å². The van der Waals surface area contributed by atoms with Gasteiger partial charge in [-0.1, -0.05) is 18.2 Å². The second-order valence-corrected chi connectivity index (χ2v) is 8.28. The maximum Gasteiger partial charge on any atom is 0.490 e. The Morgan fingerprint density at radius 2 is 1.86 bits per heavy atom. The lowest BCUT2D eigenvalue weighted by Crippen LogP contribution is -2.27. The molecule has 3 heterocycles. The van der Waals surface area contributed by atoms with Gasteiger partial charge in [-0.05, 0) is 28.6 Å². The van der Waals surface area contributed by atoms with E-state index >= 15 is 0 Å². The summed E-state index contributed by atoms with van der Waals surface area (Å²) >= 11 is 1.50. The van der Waals surface area contributed by atoms with Gasteiger partial charge in [-0.25, -0.2) is 19.3 Å². The Bertz CT molecular complexity index is 1440. The Hall–Kier alpha value is -4.18. The van der Waals surface area contributed by atoms with Gasteiger partial charge in [-0.3, -0.25) is 9.67 Å². The summed E-state index contributed by atoms with van der Waals surface area (Å²) in [4.78, 5) is 26.4. The van der Waals surface area contributed by atoms with E-state index in [1.807, 2.05) is 35.7 Å². The van der Waals surface area contributed by atoms with Crippen molar-refractivity contribution in [2.24, 2.45) is 5.73 Å². The Kier molecular flexibility index (Phi) is 8.67. The molecular formula is C21H18F5N7O3S. The molecule has 3 aromatic heterocycles. The second kappa shape index (κ2) is 11.7. The zero-order valence-corrected chi connectivity index (χ0v) is 19.4. The van der Waals surface area contributed by atoms with Crippen LogP contribution in [0.5, 0.6) is 0 Å². The van der Waals surface area contributed by atoms with E-state index in [0.29, 0.717) is 12.4 Å². The Balaban J connectivity index is 0.000000479. The average molecular weight is 543 g/mol. The summed E-state index contributed by atoms with van der Waals surface area (Å²) in [7, 11) is 0. The molecular weight excluding hydrogens is 525 g/mol. The van der Waals surface area contributed by atoms with Gasteiger partial charge in [0.05, 0.1) is 13.1 Å². The molecule has 0 aliphatic heterocycles. The summed E-state index contributed by atoms with van der Waals surface area (Å²) in [5, 5.41) is 19.8. The van der Waals surface area contributed by atoms with Crippen LogP contribution < -0.4 is 11.4 Å². The van der Waals surface area contributed by atoms with E-state index in [1.165, 1.54) is 28.6 Å². The Morgan fingerprint density at radius 1 is 1.16 bits per heavy atom. The number of nitrogens with two attached hydrogens (primary N) is 1. The lowest BCUT2D eigenvalue weighted by Gasteiger charge is -2.02. The number of hydrogen-bond donors (Lipinski definition) is 3. The van der Waals surface area contributed by atoms with Crippen LogP contribution in [0.25, 0.3) is 22.5 Å². The number of hydrogen-bond acceptors (Lipinski definition) is 7. The van der Waals surface area contributed by atoms with Gasteiger partial charge < -0.3 is 10.8 Å². The average Bonchev–Trinajstić information content (AvgIpc) is 3.61. The van der Waals surface area contributed by atoms with E-state index in [0.717, 1.165) is 26.2 Å². The molecule has 10 nitrogen and oxygen atoms in total. The van der Waals surface area contributed by atoms with Crippen molar-refractivity contribution in [1.82, 2.24) is 29.5 Å². The van der Waals surface area contributed by atoms with E-state index in [2.05, 4.69) is 20.3 Å². The van der Waals surface area contributed by atoms with Gasteiger partial charge in [0.1, 0.15) is 12.7 Å². The highest BCUT2D eigenvalue weighted by molar-refractivity contribution is 7.10. The van der Waals surface area contributed by atoms with Crippen molar-refractivity contribution in [2.75, 3.05) is 6.54 Å². The van der Waals surface area contributed by atoms with Crippen LogP contribution in [0.15, 0.2) is 64.8 Å². The number of aromatic amines is 1. The number of carboxylic acids is 1. The number of rotatable bonds is 7. The summed E-state index contributed by atoms with van der Waals surface area (Å²) in [6.07, 6.45) is -4.16. The molecule has 0 atom stereocenters. The first kappa shape index (κ1) is 27.4. The minimum Gasteiger partial charge on any atom is -0.475 e. The molecule has 0 amide bonds. The first-order valence-electron chi connectivity index (χ1n) is 10.2. The van der Waals surface area contributed by atoms with Crippen molar-refractivity contribution in [3.05, 3.63) is 75.4 Å². The fourth-order valence-electron chi connectivity index (χ4n) is 2.94. The van der Waals surface area contributed by atoms with Gasteiger partial charge in [0, 0.05) is 22.6 Å². The predicted octanol–water partition coefficient (Wildman–Crippen LogP) is 3.35. The molecule has 0 unspecified atom stereocenters. The van der Waals surface area contributed by atoms with Gasteiger partial charge in [0.2, 0.25) is 0 Å². The van der Waals surface area contributed by atoms with Crippen LogP contribution in [0.4, 0.5) is 22.0 Å². The molecule has 0 radical (unpaired) electrons. The number of alkyl halides is 3. The number of halogens is 5. The number of carbonyl (C=O) groups is 1. The molecule has 0 saturated heterocycles. The topological polar surface area (TPSA) is 145 Å². The van der Waals surface area contributed by atoms with E-state index in [4.69, 9.17) is 15.6 Å². The first-order chi connectivity index (χ1) is 17.5. The van der Waals surface area contributed by atoms with E-state index in [1.54, 1.807) is 0 Å². The summed E-state index contributed by atoms with van der Waals surface area (Å²) in [6, 6.07) is 9.85. The zero-order chi connectivity index (χ0) is 27.2. The minimum atomic E-state index is -5.08. The third kappa shape index (κ3) is 7.17. The standard InChI is InChI=1S/C19H17F2N7OS.C2HF3O2/c20-17(21)15(6-22)7-28-19(29)27(11-25-28)8-16-5-14(9-30-16)12-2-1-3-13(4-12)18-23-10-24-26-18;3-2(4,5)1(6)7/h1-5,9-11H,6-8,22H2,(H,23,24,26);(H,6,7). The fourth-order valence-corrected chi connectivity index (χ4v) is 3.84. The first-order valence-corrected chi connectivity index (χ1v) is 11.1. The van der Waals surface area contributed by atoms with E-state index in [-0.39, 0.29) is 18.7 Å². The molecule has 0 aliphatic carbocycles. The van der Waals surface area contributed by atoms with Crippen LogP contribution in [-0.4, -0.2) is 53.3 Å². The van der Waals surface area contributed by atoms with Crippen molar-refractivity contribution < 1.29 is 31.9 Å². The zero-order valence-electron chi connectivity index (χ0n) is 18.6. The van der Waals surface area contributed by atoms with Crippen LogP contribution in [0.1, 0.15) is 4.88 Å². The molecule has 1 aromatic carbocycles. The van der Waals surface area contributed by atoms with Crippen molar-refractivity contribution in [3.8, 4) is 22.5 Å². The van der Waals surface area contributed by atoms with Gasteiger partial charge in [-0.15, -0.1) is 11.3 Å². The number of nitrogens with one attached hydrogen (secondary N) is 1. The SMILES string of the molecule is NCC(Cn1ncn(Cc2cc(-c3cccc(-c4ncn[nH]4)c3)cs2)c1=O)=C(F)F.O=C(O)C(F)(F)F. The van der Waals surface area contributed by atoms with Gasteiger partial charge in [0.25, 0.3) is 6.08 Å². The number of aliphatic carboxylic acids is 1. The molecule has 0 bridgehead atoms. The molecule has 16 heteroatoms. The quantitative estimate of drug-likeness (QED) is 0.303. The maximum atomic E-state index is 12.8. The van der Waals surface area contributed by atoms with E-state index < -0.39 is 23.9 Å². The minimum absolute atomic E-state index is 0.297. The summed E-state index contributed by atoms with van der Waals surface area (Å²) in [6.45, 7) is -0.358. The third-order valence-corrected chi connectivity index (χ3v) is 5.68. The Labute approximate surface area is 208 Å². The maximum absolute atomic E-state index is 12.8. The van der Waals surface area contributed by atoms with Crippen LogP contribution >= 0.6 is 11.3 Å². The second-order valence-electron chi connectivity index (χ2n) is 7.29. The van der Waals surface area contributed by atoms with Crippen LogP contribution in [0, 0.1) is 0 Å². The highest BCUT2D eigenvalue weighted by atomic mass is 32.1. The van der Waals surface area contributed by atoms with Crippen LogP contribution in [-0.2, 0) is 17.9 Å². The highest BCUT2D eigenvalue weighted by Gasteiger charge is 2.38. The van der Waals surface area contributed by atoms with Gasteiger partial charge in [0.15, 0.2) is 5.82 Å². The lowest BCUT2D eigenvalue weighted by molar-refractivity contribution is -0.192. The van der Waals surface area contributed by atoms with Crippen LogP contribution in [0.2, 0.25) is 0 Å². The highest BCUT2D eigenvalue weighted by Crippen LogP contribution is 2.28. The fraction of sp³-hybridized carbons (Fsp3) is 0.190. The molecule has 0 saturated carbocycles. The largest absolute Gasteiger partial charge is 0.490 e. The van der Waals surface area contributed by atoms with E-state index in [9.17, 15) is 26.7 Å². The van der Waals surface area contributed by atoms with Crippen molar-refractivity contribution in [1.29, 1.82) is 0 Å². The molecule has 4 N–H and O–H groups in total. The summed E-state index contributed by atoms with van der Waals surface area (Å²) in [5.74, 6) is -2.07. The normalized spacial score (nSPS) is 11.1. The molecule has 4 rings (SSSR count). The predicted molar refractivity (Wildman–Crippen MR) is 123 cm³/mol. The van der Waals surface area contributed by atoms with Crippen molar-refractivity contribution >= 4 is 17.3 Å². The van der Waals surface area contributed by atoms with Crippen molar-refractivity contribution in [3.63, 3.8) is 0 Å². The molecule has 0 fully saturated rings. The number of thiophene rings is 1. The molecule has 0 aliphatic rings. The monoisotopic (exact) mass is 543 g/mol. The number of carboxylic acid groups (broad SMARTS) is 1. The smallest absolute Gasteiger partial charge is 0.475 e. The number of aromatic nitrogens is 6. The third-order valence-electron chi connectivity index (χ3n) is 4.76. The molecule has 0 spiro atoms. The molecule has 196 valence electrons. The number of benzene rings is 1. The van der Waals surface area contributed by atoms with Gasteiger partial charge >= 0.3 is 17.8 Å². The number of H-pyrrole nitrogens is 1.